The molecule has 2 fully saturated rings. The van der Waals surface area contributed by atoms with E-state index in [-0.39, 0.29) is 11.9 Å². The molecule has 0 radical (unpaired) electrons. The topological polar surface area (TPSA) is 67.4 Å². The smallest absolute Gasteiger partial charge is 0.243 e. The van der Waals surface area contributed by atoms with Crippen LogP contribution in [0.1, 0.15) is 19.3 Å². The zero-order valence-electron chi connectivity index (χ0n) is 13.4. The fourth-order valence-electron chi connectivity index (χ4n) is 3.31. The van der Waals surface area contributed by atoms with Crippen molar-refractivity contribution in [3.8, 4) is 11.4 Å². The molecule has 1 aromatic carbocycles. The number of hydrogen-bond donors (Lipinski definition) is 1. The van der Waals surface area contributed by atoms with E-state index in [2.05, 4.69) is 19.6 Å². The van der Waals surface area contributed by atoms with Crippen molar-refractivity contribution in [2.75, 3.05) is 25.1 Å². The van der Waals surface area contributed by atoms with Crippen LogP contribution < -0.4 is 5.32 Å². The Morgan fingerprint density at radius 2 is 2.00 bits per heavy atom. The van der Waals surface area contributed by atoms with E-state index in [1.54, 1.807) is 0 Å². The van der Waals surface area contributed by atoms with Crippen LogP contribution in [0.2, 0.25) is 0 Å². The second-order valence-electron chi connectivity index (χ2n) is 6.16. The molecule has 2 aliphatic heterocycles. The fourth-order valence-corrected chi connectivity index (χ4v) is 3.90. The van der Waals surface area contributed by atoms with Crippen LogP contribution in [-0.2, 0) is 9.53 Å². The Hall–Kier alpha value is -1.83. The van der Waals surface area contributed by atoms with E-state index < -0.39 is 0 Å². The van der Waals surface area contributed by atoms with Crippen molar-refractivity contribution in [1.82, 2.24) is 14.3 Å². The number of carbonyl (C=O) groups is 1. The third kappa shape index (κ3) is 3.19. The standard InChI is InChI=1S/C17H20N4O2S/c22-16(14-6-9-21(14)13-7-10-23-11-8-13)19-17-18-15(20-24-17)12-4-2-1-3-5-12/h1-5,13-14H,6-11H2,(H,18,19,20,22). The average Bonchev–Trinajstić information content (AvgIpc) is 3.04. The molecule has 126 valence electrons. The third-order valence-electron chi connectivity index (χ3n) is 4.71. The van der Waals surface area contributed by atoms with Crippen molar-refractivity contribution < 1.29 is 9.53 Å². The van der Waals surface area contributed by atoms with E-state index >= 15 is 0 Å². The van der Waals surface area contributed by atoms with E-state index in [1.165, 1.54) is 11.5 Å². The first kappa shape index (κ1) is 15.7. The van der Waals surface area contributed by atoms with Gasteiger partial charge in [-0.05, 0) is 19.3 Å². The monoisotopic (exact) mass is 344 g/mol. The molecule has 6 nitrogen and oxygen atoms in total. The lowest BCUT2D eigenvalue weighted by Gasteiger charge is -2.46. The molecular formula is C17H20N4O2S. The normalized spacial score (nSPS) is 22.1. The quantitative estimate of drug-likeness (QED) is 0.922. The Morgan fingerprint density at radius 1 is 1.21 bits per heavy atom. The van der Waals surface area contributed by atoms with Crippen molar-refractivity contribution in [3.05, 3.63) is 30.3 Å². The molecule has 1 amide bonds. The van der Waals surface area contributed by atoms with Crippen molar-refractivity contribution in [3.63, 3.8) is 0 Å². The van der Waals surface area contributed by atoms with Gasteiger partial charge in [-0.1, -0.05) is 30.3 Å². The summed E-state index contributed by atoms with van der Waals surface area (Å²) in [6.45, 7) is 2.59. The summed E-state index contributed by atoms with van der Waals surface area (Å²) < 4.78 is 9.75. The number of ether oxygens (including phenoxy) is 1. The minimum absolute atomic E-state index is 0.0310. The van der Waals surface area contributed by atoms with Gasteiger partial charge in [0.05, 0.1) is 6.04 Å². The maximum absolute atomic E-state index is 12.5. The summed E-state index contributed by atoms with van der Waals surface area (Å²) in [7, 11) is 0. The van der Waals surface area contributed by atoms with Crippen molar-refractivity contribution >= 4 is 22.6 Å². The number of likely N-dealkylation sites (tertiary alicyclic amines) is 1. The maximum atomic E-state index is 12.5. The Kier molecular flexibility index (Phi) is 4.55. The van der Waals surface area contributed by atoms with E-state index in [0.717, 1.165) is 44.6 Å². The summed E-state index contributed by atoms with van der Waals surface area (Å²) in [6.07, 6.45) is 2.94. The first-order valence-corrected chi connectivity index (χ1v) is 9.12. The Morgan fingerprint density at radius 3 is 2.71 bits per heavy atom. The number of nitrogens with one attached hydrogen (secondary N) is 1. The summed E-state index contributed by atoms with van der Waals surface area (Å²) in [5, 5.41) is 3.50. The van der Waals surface area contributed by atoms with Gasteiger partial charge >= 0.3 is 0 Å². The molecule has 1 atom stereocenters. The van der Waals surface area contributed by atoms with E-state index in [0.29, 0.717) is 17.0 Å². The lowest BCUT2D eigenvalue weighted by molar-refractivity contribution is -0.129. The van der Waals surface area contributed by atoms with Gasteiger partial charge < -0.3 is 4.74 Å². The largest absolute Gasteiger partial charge is 0.381 e. The van der Waals surface area contributed by atoms with Crippen LogP contribution >= 0.6 is 11.5 Å². The predicted molar refractivity (Wildman–Crippen MR) is 92.9 cm³/mol. The fraction of sp³-hybridized carbons (Fsp3) is 0.471. The molecule has 0 saturated carbocycles. The van der Waals surface area contributed by atoms with Crippen LogP contribution in [0.4, 0.5) is 5.13 Å². The second kappa shape index (κ2) is 6.96. The number of carbonyl (C=O) groups excluding carboxylic acids is 1. The van der Waals surface area contributed by atoms with Crippen molar-refractivity contribution in [2.24, 2.45) is 0 Å². The molecular weight excluding hydrogens is 324 g/mol. The van der Waals surface area contributed by atoms with Crippen LogP contribution in [0.15, 0.2) is 30.3 Å². The summed E-state index contributed by atoms with van der Waals surface area (Å²) in [6, 6.07) is 10.2. The van der Waals surface area contributed by atoms with Gasteiger partial charge in [0, 0.05) is 42.9 Å². The Balaban J connectivity index is 1.39. The lowest BCUT2D eigenvalue weighted by atomic mass is 9.95. The molecule has 1 aromatic heterocycles. The molecule has 0 bridgehead atoms. The summed E-state index contributed by atoms with van der Waals surface area (Å²) in [5.74, 6) is 0.689. The first-order valence-electron chi connectivity index (χ1n) is 8.35. The molecule has 7 heteroatoms. The van der Waals surface area contributed by atoms with E-state index in [1.807, 2.05) is 30.3 Å². The van der Waals surface area contributed by atoms with Gasteiger partial charge in [0.1, 0.15) is 0 Å². The third-order valence-corrected chi connectivity index (χ3v) is 5.34. The van der Waals surface area contributed by atoms with Crippen molar-refractivity contribution in [2.45, 2.75) is 31.3 Å². The molecule has 0 aliphatic carbocycles. The van der Waals surface area contributed by atoms with Crippen LogP contribution in [0.3, 0.4) is 0 Å². The molecule has 4 rings (SSSR count). The van der Waals surface area contributed by atoms with Gasteiger partial charge in [-0.3, -0.25) is 15.0 Å². The maximum Gasteiger partial charge on any atom is 0.243 e. The average molecular weight is 344 g/mol. The molecule has 3 heterocycles. The number of amides is 1. The molecule has 24 heavy (non-hydrogen) atoms. The van der Waals surface area contributed by atoms with Gasteiger partial charge in [-0.25, -0.2) is 0 Å². The van der Waals surface area contributed by atoms with Gasteiger partial charge in [-0.15, -0.1) is 0 Å². The number of rotatable bonds is 4. The molecule has 2 aliphatic rings. The van der Waals surface area contributed by atoms with Crippen molar-refractivity contribution in [1.29, 1.82) is 0 Å². The number of benzene rings is 1. The molecule has 1 unspecified atom stereocenters. The zero-order valence-corrected chi connectivity index (χ0v) is 14.2. The summed E-state index contributed by atoms with van der Waals surface area (Å²) in [4.78, 5) is 19.3. The Labute approximate surface area is 145 Å². The number of hydrogen-bond acceptors (Lipinski definition) is 6. The van der Waals surface area contributed by atoms with E-state index in [9.17, 15) is 4.79 Å². The Bertz CT molecular complexity index is 700. The van der Waals surface area contributed by atoms with Gasteiger partial charge in [0.15, 0.2) is 5.82 Å². The number of nitrogens with zero attached hydrogens (tertiary/aromatic N) is 3. The number of anilines is 1. The minimum atomic E-state index is -0.0443. The molecule has 0 spiro atoms. The van der Waals surface area contributed by atoms with Crippen LogP contribution in [0, 0.1) is 0 Å². The first-order chi connectivity index (χ1) is 11.8. The summed E-state index contributed by atoms with van der Waals surface area (Å²) >= 11 is 1.23. The molecule has 2 aromatic rings. The predicted octanol–water partition coefficient (Wildman–Crippen LogP) is 2.40. The SMILES string of the molecule is O=C(Nc1nc(-c2ccccc2)ns1)C1CCN1C1CCOCC1. The molecule has 1 N–H and O–H groups in total. The van der Waals surface area contributed by atoms with Gasteiger partial charge in [-0.2, -0.15) is 9.36 Å². The molecule has 2 saturated heterocycles. The summed E-state index contributed by atoms with van der Waals surface area (Å²) in [5.41, 5.74) is 0.960. The number of aromatic nitrogens is 2. The zero-order chi connectivity index (χ0) is 16.4. The lowest BCUT2D eigenvalue weighted by Crippen LogP contribution is -2.59. The van der Waals surface area contributed by atoms with E-state index in [4.69, 9.17) is 4.74 Å². The van der Waals surface area contributed by atoms with Crippen LogP contribution in [0.5, 0.6) is 0 Å². The second-order valence-corrected chi connectivity index (χ2v) is 6.92. The van der Waals surface area contributed by atoms with Crippen LogP contribution in [-0.4, -0.2) is 52.0 Å². The highest BCUT2D eigenvalue weighted by atomic mass is 32.1. The van der Waals surface area contributed by atoms with Gasteiger partial charge in [0.25, 0.3) is 0 Å². The minimum Gasteiger partial charge on any atom is -0.381 e. The van der Waals surface area contributed by atoms with Crippen LogP contribution in [0.25, 0.3) is 11.4 Å². The highest BCUT2D eigenvalue weighted by molar-refractivity contribution is 7.10. The highest BCUT2D eigenvalue weighted by Gasteiger charge is 2.39. The van der Waals surface area contributed by atoms with Gasteiger partial charge in [0.2, 0.25) is 11.0 Å². The highest BCUT2D eigenvalue weighted by Crippen LogP contribution is 2.28.